The Bertz CT molecular complexity index is 869. The lowest BCUT2D eigenvalue weighted by atomic mass is 10.1. The van der Waals surface area contributed by atoms with Crippen molar-refractivity contribution in [2.75, 3.05) is 26.5 Å². The number of methoxy groups -OCH3 is 1. The van der Waals surface area contributed by atoms with E-state index >= 15 is 0 Å². The molecule has 0 radical (unpaired) electrons. The van der Waals surface area contributed by atoms with Gasteiger partial charge < -0.3 is 4.74 Å². The predicted octanol–water partition coefficient (Wildman–Crippen LogP) is 0.829. The highest BCUT2D eigenvalue weighted by atomic mass is 35.5. The second-order valence-electron chi connectivity index (χ2n) is 5.73. The van der Waals surface area contributed by atoms with E-state index in [4.69, 9.17) is 11.6 Å². The lowest BCUT2D eigenvalue weighted by Gasteiger charge is -2.32. The fourth-order valence-electron chi connectivity index (χ4n) is 2.65. The van der Waals surface area contributed by atoms with E-state index in [2.05, 4.69) is 9.46 Å². The van der Waals surface area contributed by atoms with Crippen molar-refractivity contribution in [1.29, 1.82) is 0 Å². The standard InChI is InChI=1S/C14H19ClN2O6S2/c1-23-14(18)10-5-6-13(12(15)8-10)25(21,22)17-7-3-4-11(9-17)16-24(2,19)20/h5-6,8,11,16H,3-4,7,9H2,1-2H3. The third kappa shape index (κ3) is 4.91. The van der Waals surface area contributed by atoms with Crippen LogP contribution < -0.4 is 4.72 Å². The van der Waals surface area contributed by atoms with Crippen molar-refractivity contribution in [3.63, 3.8) is 0 Å². The molecule has 0 saturated carbocycles. The molecule has 0 bridgehead atoms. The van der Waals surface area contributed by atoms with Crippen molar-refractivity contribution >= 4 is 37.6 Å². The van der Waals surface area contributed by atoms with Crippen molar-refractivity contribution in [3.8, 4) is 0 Å². The number of sulfonamides is 2. The topological polar surface area (TPSA) is 110 Å². The Kier molecular flexibility index (Phi) is 6.10. The van der Waals surface area contributed by atoms with Crippen LogP contribution in [-0.4, -0.2) is 59.6 Å². The molecule has 2 rings (SSSR count). The van der Waals surface area contributed by atoms with E-state index in [-0.39, 0.29) is 28.6 Å². The smallest absolute Gasteiger partial charge is 0.337 e. The molecule has 0 aromatic heterocycles. The van der Waals surface area contributed by atoms with Gasteiger partial charge in [-0.1, -0.05) is 11.6 Å². The molecular weight excluding hydrogens is 392 g/mol. The molecule has 8 nitrogen and oxygen atoms in total. The summed E-state index contributed by atoms with van der Waals surface area (Å²) >= 11 is 6.05. The largest absolute Gasteiger partial charge is 0.465 e. The number of benzene rings is 1. The molecule has 1 fully saturated rings. The Morgan fingerprint density at radius 1 is 1.32 bits per heavy atom. The number of nitrogens with one attached hydrogen (secondary N) is 1. The second-order valence-corrected chi connectivity index (χ2v) is 9.82. The molecule has 1 saturated heterocycles. The molecule has 1 aliphatic heterocycles. The third-order valence-corrected chi connectivity index (χ3v) is 6.85. The molecule has 1 aliphatic rings. The lowest BCUT2D eigenvalue weighted by molar-refractivity contribution is 0.0600. The van der Waals surface area contributed by atoms with Crippen LogP contribution in [0.4, 0.5) is 0 Å². The van der Waals surface area contributed by atoms with Gasteiger partial charge in [0.25, 0.3) is 0 Å². The normalized spacial score (nSPS) is 19.6. The molecule has 0 amide bonds. The van der Waals surface area contributed by atoms with Crippen molar-refractivity contribution in [2.24, 2.45) is 0 Å². The minimum Gasteiger partial charge on any atom is -0.465 e. The Morgan fingerprint density at radius 2 is 2.00 bits per heavy atom. The van der Waals surface area contributed by atoms with Crippen molar-refractivity contribution < 1.29 is 26.4 Å². The van der Waals surface area contributed by atoms with E-state index in [1.807, 2.05) is 0 Å². The summed E-state index contributed by atoms with van der Waals surface area (Å²) in [6, 6.07) is 3.31. The Hall–Kier alpha value is -1.20. The molecule has 140 valence electrons. The number of carbonyl (C=O) groups is 1. The molecule has 0 spiro atoms. The van der Waals surface area contributed by atoms with Crippen LogP contribution in [0.25, 0.3) is 0 Å². The van der Waals surface area contributed by atoms with Crippen LogP contribution in [0.3, 0.4) is 0 Å². The minimum atomic E-state index is -3.92. The predicted molar refractivity (Wildman–Crippen MR) is 92.6 cm³/mol. The van der Waals surface area contributed by atoms with Gasteiger partial charge in [0.15, 0.2) is 0 Å². The van der Waals surface area contributed by atoms with Crippen molar-refractivity contribution in [3.05, 3.63) is 28.8 Å². The number of rotatable bonds is 5. The number of carbonyl (C=O) groups excluding carboxylic acids is 1. The summed E-state index contributed by atoms with van der Waals surface area (Å²) < 4.78 is 56.6. The van der Waals surface area contributed by atoms with Crippen molar-refractivity contribution in [1.82, 2.24) is 9.03 Å². The van der Waals surface area contributed by atoms with Crippen LogP contribution in [0.2, 0.25) is 5.02 Å². The first-order chi connectivity index (χ1) is 11.5. The van der Waals surface area contributed by atoms with Gasteiger partial charge >= 0.3 is 5.97 Å². The number of hydrogen-bond donors (Lipinski definition) is 1. The number of hydrogen-bond acceptors (Lipinski definition) is 6. The number of nitrogens with zero attached hydrogens (tertiary/aromatic N) is 1. The molecular formula is C14H19ClN2O6S2. The van der Waals surface area contributed by atoms with Gasteiger partial charge in [0.05, 0.1) is 24.0 Å². The summed E-state index contributed by atoms with van der Waals surface area (Å²) in [6.07, 6.45) is 2.10. The number of piperidine rings is 1. The van der Waals surface area contributed by atoms with Gasteiger partial charge in [-0.15, -0.1) is 0 Å². The molecule has 1 aromatic rings. The van der Waals surface area contributed by atoms with Gasteiger partial charge in [0.1, 0.15) is 4.90 Å². The quantitative estimate of drug-likeness (QED) is 0.720. The molecule has 1 unspecified atom stereocenters. The molecule has 11 heteroatoms. The first-order valence-electron chi connectivity index (χ1n) is 7.40. The third-order valence-electron chi connectivity index (χ3n) is 3.74. The average molecular weight is 411 g/mol. The van der Waals surface area contributed by atoms with Gasteiger partial charge in [-0.2, -0.15) is 4.31 Å². The second kappa shape index (κ2) is 7.58. The van der Waals surface area contributed by atoms with Gasteiger partial charge in [-0.05, 0) is 31.0 Å². The number of halogens is 1. The maximum absolute atomic E-state index is 12.8. The summed E-state index contributed by atoms with van der Waals surface area (Å²) in [7, 11) is -6.14. The summed E-state index contributed by atoms with van der Waals surface area (Å²) in [6.45, 7) is 0.282. The Labute approximate surface area is 152 Å². The van der Waals surface area contributed by atoms with E-state index in [1.54, 1.807) is 0 Å². The minimum absolute atomic E-state index is 0.0183. The molecule has 1 N–H and O–H groups in total. The average Bonchev–Trinajstić information content (AvgIpc) is 2.52. The Morgan fingerprint density at radius 3 is 2.56 bits per heavy atom. The van der Waals surface area contributed by atoms with E-state index < -0.39 is 32.1 Å². The Balaban J connectivity index is 2.27. The SMILES string of the molecule is COC(=O)c1ccc(S(=O)(=O)N2CCCC(NS(C)(=O)=O)C2)c(Cl)c1. The molecule has 1 atom stereocenters. The molecule has 25 heavy (non-hydrogen) atoms. The van der Waals surface area contributed by atoms with E-state index in [9.17, 15) is 21.6 Å². The monoisotopic (exact) mass is 410 g/mol. The van der Waals surface area contributed by atoms with Gasteiger partial charge in [0.2, 0.25) is 20.0 Å². The molecule has 0 aliphatic carbocycles. The fraction of sp³-hybridized carbons (Fsp3) is 0.500. The van der Waals surface area contributed by atoms with Gasteiger partial charge in [0, 0.05) is 19.1 Å². The van der Waals surface area contributed by atoms with Gasteiger partial charge in [-0.3, -0.25) is 0 Å². The van der Waals surface area contributed by atoms with E-state index in [1.165, 1.54) is 29.6 Å². The summed E-state index contributed by atoms with van der Waals surface area (Å²) in [4.78, 5) is 11.4. The zero-order valence-electron chi connectivity index (χ0n) is 13.7. The lowest BCUT2D eigenvalue weighted by Crippen LogP contribution is -2.49. The zero-order valence-corrected chi connectivity index (χ0v) is 16.1. The number of ether oxygens (including phenoxy) is 1. The fourth-order valence-corrected chi connectivity index (χ4v) is 5.49. The zero-order chi connectivity index (χ0) is 18.8. The maximum Gasteiger partial charge on any atom is 0.337 e. The summed E-state index contributed by atoms with van der Waals surface area (Å²) in [5.41, 5.74) is 0.140. The first kappa shape index (κ1) is 20.1. The summed E-state index contributed by atoms with van der Waals surface area (Å²) in [5, 5.41) is -0.0962. The molecule has 1 aromatic carbocycles. The van der Waals surface area contributed by atoms with Gasteiger partial charge in [-0.25, -0.2) is 26.4 Å². The van der Waals surface area contributed by atoms with Crippen LogP contribution in [-0.2, 0) is 24.8 Å². The van der Waals surface area contributed by atoms with Crippen LogP contribution in [0, 0.1) is 0 Å². The van der Waals surface area contributed by atoms with Crippen LogP contribution in [0.1, 0.15) is 23.2 Å². The highest BCUT2D eigenvalue weighted by molar-refractivity contribution is 7.89. The van der Waals surface area contributed by atoms with Crippen molar-refractivity contribution in [2.45, 2.75) is 23.8 Å². The number of esters is 1. The van der Waals surface area contributed by atoms with Crippen LogP contribution in [0.15, 0.2) is 23.1 Å². The van der Waals surface area contributed by atoms with E-state index in [0.29, 0.717) is 12.8 Å². The van der Waals surface area contributed by atoms with Crippen LogP contribution in [0.5, 0.6) is 0 Å². The highest BCUT2D eigenvalue weighted by Gasteiger charge is 2.32. The molecule has 1 heterocycles. The summed E-state index contributed by atoms with van der Waals surface area (Å²) in [5.74, 6) is -0.624. The highest BCUT2D eigenvalue weighted by Crippen LogP contribution is 2.28. The van der Waals surface area contributed by atoms with Crippen LogP contribution >= 0.6 is 11.6 Å². The first-order valence-corrected chi connectivity index (χ1v) is 11.1. The van der Waals surface area contributed by atoms with E-state index in [0.717, 1.165) is 6.26 Å². The maximum atomic E-state index is 12.8.